The molecule has 0 N–H and O–H groups in total. The van der Waals surface area contributed by atoms with E-state index in [9.17, 15) is 26.7 Å². The highest BCUT2D eigenvalue weighted by molar-refractivity contribution is 6.00. The highest BCUT2D eigenvalue weighted by Gasteiger charge is 2.39. The van der Waals surface area contributed by atoms with Crippen LogP contribution in [0.5, 0.6) is 5.75 Å². The van der Waals surface area contributed by atoms with Gasteiger partial charge in [0.05, 0.1) is 0 Å². The van der Waals surface area contributed by atoms with Crippen molar-refractivity contribution in [3.8, 4) is 5.75 Å². The van der Waals surface area contributed by atoms with Crippen LogP contribution in [0.2, 0.25) is 0 Å². The minimum absolute atomic E-state index is 0.180. The fraction of sp³-hybridized carbons (Fsp3) is 0.133. The molecular weight excluding hydrogens is 307 g/mol. The van der Waals surface area contributed by atoms with Crippen LogP contribution in [0.4, 0.5) is 22.0 Å². The lowest BCUT2D eigenvalue weighted by atomic mass is 10.1. The minimum atomic E-state index is -4.94. The molecule has 0 saturated carbocycles. The lowest BCUT2D eigenvalue weighted by molar-refractivity contribution is -0.0885. The molecule has 2 nitrogen and oxygen atoms in total. The number of benzene rings is 2. The molecule has 0 spiro atoms. The van der Waals surface area contributed by atoms with Crippen LogP contribution in [-0.4, -0.2) is 12.0 Å². The van der Waals surface area contributed by atoms with Gasteiger partial charge >= 0.3 is 6.18 Å². The van der Waals surface area contributed by atoms with Crippen LogP contribution in [0.1, 0.15) is 15.9 Å². The summed E-state index contributed by atoms with van der Waals surface area (Å²) in [6.45, 7) is -0.180. The van der Waals surface area contributed by atoms with Crippen molar-refractivity contribution in [3.63, 3.8) is 0 Å². The van der Waals surface area contributed by atoms with Gasteiger partial charge in [-0.15, -0.1) is 0 Å². The maximum atomic E-state index is 13.3. The number of ketones is 1. The monoisotopic (exact) mass is 316 g/mol. The summed E-state index contributed by atoms with van der Waals surface area (Å²) in [4.78, 5) is 11.0. The summed E-state index contributed by atoms with van der Waals surface area (Å²) in [5.41, 5.74) is -0.101. The van der Waals surface area contributed by atoms with E-state index in [1.165, 1.54) is 12.1 Å². The van der Waals surface area contributed by atoms with E-state index < -0.39 is 29.2 Å². The summed E-state index contributed by atoms with van der Waals surface area (Å²) < 4.78 is 68.0. The summed E-state index contributed by atoms with van der Waals surface area (Å²) in [6.07, 6.45) is -4.94. The van der Waals surface area contributed by atoms with E-state index in [1.807, 2.05) is 0 Å². The lowest BCUT2D eigenvalue weighted by Gasteiger charge is -2.09. The highest BCUT2D eigenvalue weighted by Crippen LogP contribution is 2.22. The number of carbonyl (C=O) groups excluding carboxylic acids is 1. The van der Waals surface area contributed by atoms with E-state index in [-0.39, 0.29) is 12.4 Å². The van der Waals surface area contributed by atoms with E-state index in [0.717, 1.165) is 30.3 Å². The highest BCUT2D eigenvalue weighted by atomic mass is 19.4. The maximum Gasteiger partial charge on any atom is 0.454 e. The van der Waals surface area contributed by atoms with Gasteiger partial charge in [-0.2, -0.15) is 13.2 Å². The Balaban J connectivity index is 2.06. The van der Waals surface area contributed by atoms with Gasteiger partial charge in [0.2, 0.25) is 0 Å². The lowest BCUT2D eigenvalue weighted by Crippen LogP contribution is -2.22. The van der Waals surface area contributed by atoms with Gasteiger partial charge in [-0.3, -0.25) is 4.79 Å². The van der Waals surface area contributed by atoms with Crippen molar-refractivity contribution >= 4 is 5.78 Å². The van der Waals surface area contributed by atoms with Crippen LogP contribution < -0.4 is 4.74 Å². The van der Waals surface area contributed by atoms with Crippen molar-refractivity contribution in [2.24, 2.45) is 0 Å². The largest absolute Gasteiger partial charge is 0.486 e. The smallest absolute Gasteiger partial charge is 0.454 e. The molecule has 0 aliphatic rings. The van der Waals surface area contributed by atoms with Gasteiger partial charge in [-0.05, 0) is 17.7 Å². The van der Waals surface area contributed by atoms with E-state index in [0.29, 0.717) is 5.56 Å². The molecule has 22 heavy (non-hydrogen) atoms. The van der Waals surface area contributed by atoms with Crippen LogP contribution >= 0.6 is 0 Å². The first-order valence-corrected chi connectivity index (χ1v) is 6.05. The second kappa shape index (κ2) is 6.13. The molecule has 0 unspecified atom stereocenters. The van der Waals surface area contributed by atoms with E-state index in [4.69, 9.17) is 4.74 Å². The molecule has 2 aromatic carbocycles. The van der Waals surface area contributed by atoms with E-state index in [1.54, 1.807) is 0 Å². The average Bonchev–Trinajstić information content (AvgIpc) is 2.47. The Kier molecular flexibility index (Phi) is 4.44. The molecule has 0 bridgehead atoms. The predicted molar refractivity (Wildman–Crippen MR) is 67.5 cm³/mol. The Labute approximate surface area is 122 Å². The predicted octanol–water partition coefficient (Wildman–Crippen LogP) is 4.29. The number of Topliss-reactive ketones (excluding diaryl/α,β-unsaturated/α-hetero) is 1. The van der Waals surface area contributed by atoms with Gasteiger partial charge in [0.15, 0.2) is 11.6 Å². The Morgan fingerprint density at radius 2 is 1.64 bits per heavy atom. The van der Waals surface area contributed by atoms with E-state index in [2.05, 4.69) is 0 Å². The topological polar surface area (TPSA) is 26.3 Å². The fourth-order valence-corrected chi connectivity index (χ4v) is 1.66. The molecule has 2 aromatic rings. The molecule has 2 rings (SSSR count). The van der Waals surface area contributed by atoms with Gasteiger partial charge in [-0.1, -0.05) is 24.3 Å². The van der Waals surface area contributed by atoms with Crippen molar-refractivity contribution < 1.29 is 31.5 Å². The quantitative estimate of drug-likeness (QED) is 0.621. The Morgan fingerprint density at radius 3 is 2.23 bits per heavy atom. The molecule has 0 saturated heterocycles. The number of ether oxygens (including phenoxy) is 1. The number of rotatable bonds is 4. The van der Waals surface area contributed by atoms with Crippen molar-refractivity contribution in [2.75, 3.05) is 0 Å². The first-order chi connectivity index (χ1) is 10.3. The molecule has 0 aliphatic heterocycles. The van der Waals surface area contributed by atoms with Gasteiger partial charge < -0.3 is 4.74 Å². The fourth-order valence-electron chi connectivity index (χ4n) is 1.66. The number of hydrogen-bond donors (Lipinski definition) is 0. The molecule has 0 heterocycles. The third-order valence-electron chi connectivity index (χ3n) is 2.76. The number of hydrogen-bond acceptors (Lipinski definition) is 2. The Morgan fingerprint density at radius 1 is 1.00 bits per heavy atom. The minimum Gasteiger partial charge on any atom is -0.486 e. The summed E-state index contributed by atoms with van der Waals surface area (Å²) >= 11 is 0. The molecule has 7 heteroatoms. The summed E-state index contributed by atoms with van der Waals surface area (Å²) in [5.74, 6) is -3.70. The summed E-state index contributed by atoms with van der Waals surface area (Å²) in [5, 5.41) is 0. The van der Waals surface area contributed by atoms with Crippen molar-refractivity contribution in [3.05, 3.63) is 65.2 Å². The SMILES string of the molecule is O=C(c1ccc(COc2cc(F)ccc2F)cc1)C(F)(F)F. The molecule has 0 radical (unpaired) electrons. The van der Waals surface area contributed by atoms with Crippen LogP contribution in [0.25, 0.3) is 0 Å². The normalized spacial score (nSPS) is 11.3. The number of alkyl halides is 3. The molecule has 0 aliphatic carbocycles. The van der Waals surface area contributed by atoms with Gasteiger partial charge in [0.1, 0.15) is 12.4 Å². The molecule has 0 atom stereocenters. The average molecular weight is 316 g/mol. The van der Waals surface area contributed by atoms with Crippen molar-refractivity contribution in [2.45, 2.75) is 12.8 Å². The van der Waals surface area contributed by atoms with Crippen LogP contribution in [0.15, 0.2) is 42.5 Å². The molecule has 116 valence electrons. The van der Waals surface area contributed by atoms with E-state index >= 15 is 0 Å². The van der Waals surface area contributed by atoms with Crippen LogP contribution in [0.3, 0.4) is 0 Å². The Bertz CT molecular complexity index is 677. The zero-order chi connectivity index (χ0) is 16.3. The number of carbonyl (C=O) groups is 1. The number of halogens is 5. The van der Waals surface area contributed by atoms with Crippen LogP contribution in [-0.2, 0) is 6.61 Å². The zero-order valence-corrected chi connectivity index (χ0v) is 11.0. The first-order valence-electron chi connectivity index (χ1n) is 6.05. The summed E-state index contributed by atoms with van der Waals surface area (Å²) in [6, 6.07) is 7.17. The van der Waals surface area contributed by atoms with Gasteiger partial charge in [0.25, 0.3) is 5.78 Å². The van der Waals surface area contributed by atoms with Crippen LogP contribution in [0, 0.1) is 11.6 Å². The van der Waals surface area contributed by atoms with Gasteiger partial charge in [-0.25, -0.2) is 8.78 Å². The zero-order valence-electron chi connectivity index (χ0n) is 11.0. The second-order valence-corrected chi connectivity index (χ2v) is 4.39. The maximum absolute atomic E-state index is 13.3. The third-order valence-corrected chi connectivity index (χ3v) is 2.76. The van der Waals surface area contributed by atoms with Crippen molar-refractivity contribution in [1.29, 1.82) is 0 Å². The van der Waals surface area contributed by atoms with Gasteiger partial charge in [0, 0.05) is 11.6 Å². The third kappa shape index (κ3) is 3.81. The molecule has 0 amide bonds. The molecule has 0 fully saturated rings. The molecule has 0 aromatic heterocycles. The Hall–Kier alpha value is -2.44. The summed E-state index contributed by atoms with van der Waals surface area (Å²) in [7, 11) is 0. The van der Waals surface area contributed by atoms with Crippen molar-refractivity contribution in [1.82, 2.24) is 0 Å². The molecular formula is C15H9F5O2. The second-order valence-electron chi connectivity index (χ2n) is 4.39. The standard InChI is InChI=1S/C15H9F5O2/c16-11-5-6-12(17)13(7-11)22-8-9-1-3-10(4-2-9)14(21)15(18,19)20/h1-7H,8H2. The first kappa shape index (κ1) is 15.9.